The number of esters is 1. The lowest BCUT2D eigenvalue weighted by atomic mass is 9.94. The van der Waals surface area contributed by atoms with Crippen LogP contribution in [0.3, 0.4) is 0 Å². The molecule has 1 N–H and O–H groups in total. The van der Waals surface area contributed by atoms with Crippen LogP contribution in [0.5, 0.6) is 0 Å². The third kappa shape index (κ3) is 4.34. The van der Waals surface area contributed by atoms with Gasteiger partial charge in [0.15, 0.2) is 0 Å². The fraction of sp³-hybridized carbons (Fsp3) is 0.148. The van der Waals surface area contributed by atoms with E-state index in [9.17, 15) is 29.6 Å². The Labute approximate surface area is 206 Å². The molecule has 0 aromatic heterocycles. The second-order valence-corrected chi connectivity index (χ2v) is 8.11. The summed E-state index contributed by atoms with van der Waals surface area (Å²) in [6.07, 6.45) is 0.773. The van der Waals surface area contributed by atoms with Crippen LogP contribution in [0.25, 0.3) is 5.76 Å². The number of carbonyl (C=O) groups excluding carboxylic acids is 3. The molecular weight excluding hydrogens is 464 g/mol. The number of benzene rings is 3. The number of Topliss-reactive ketones (excluding diaryl/α,β-unsaturated/α-hetero) is 1. The Bertz CT molecular complexity index is 1410. The van der Waals surface area contributed by atoms with Gasteiger partial charge in [-0.1, -0.05) is 49.4 Å². The van der Waals surface area contributed by atoms with Gasteiger partial charge in [-0.2, -0.15) is 0 Å². The summed E-state index contributed by atoms with van der Waals surface area (Å²) in [5.41, 5.74) is 1.54. The molecule has 1 aliphatic heterocycles. The number of non-ortho nitro benzene ring substituents is 1. The minimum atomic E-state index is -1.04. The van der Waals surface area contributed by atoms with E-state index in [0.717, 1.165) is 18.1 Å². The molecule has 1 aliphatic rings. The molecule has 1 atom stereocenters. The molecule has 9 heteroatoms. The molecule has 36 heavy (non-hydrogen) atoms. The van der Waals surface area contributed by atoms with Crippen LogP contribution in [0.15, 0.2) is 78.4 Å². The summed E-state index contributed by atoms with van der Waals surface area (Å²) < 4.78 is 4.77. The molecule has 3 aromatic rings. The first-order valence-corrected chi connectivity index (χ1v) is 11.1. The Morgan fingerprint density at radius 3 is 2.33 bits per heavy atom. The predicted molar refractivity (Wildman–Crippen MR) is 131 cm³/mol. The van der Waals surface area contributed by atoms with E-state index in [1.165, 1.54) is 42.3 Å². The van der Waals surface area contributed by atoms with E-state index in [1.54, 1.807) is 24.3 Å². The highest BCUT2D eigenvalue weighted by atomic mass is 16.6. The average molecular weight is 486 g/mol. The van der Waals surface area contributed by atoms with Crippen LogP contribution >= 0.6 is 0 Å². The number of methoxy groups -OCH3 is 1. The van der Waals surface area contributed by atoms with E-state index in [-0.39, 0.29) is 28.1 Å². The fourth-order valence-corrected chi connectivity index (χ4v) is 4.17. The van der Waals surface area contributed by atoms with Gasteiger partial charge in [0.2, 0.25) is 0 Å². The number of ether oxygens (including phenoxy) is 1. The van der Waals surface area contributed by atoms with Crippen LogP contribution in [0.1, 0.15) is 40.0 Å². The van der Waals surface area contributed by atoms with E-state index >= 15 is 0 Å². The molecule has 3 aromatic carbocycles. The molecule has 1 unspecified atom stereocenters. The summed E-state index contributed by atoms with van der Waals surface area (Å²) >= 11 is 0. The highest BCUT2D eigenvalue weighted by molar-refractivity contribution is 6.51. The summed E-state index contributed by atoms with van der Waals surface area (Å²) in [6, 6.07) is 17.4. The number of ketones is 1. The van der Waals surface area contributed by atoms with E-state index in [0.29, 0.717) is 5.56 Å². The van der Waals surface area contributed by atoms with Gasteiger partial charge in [-0.05, 0) is 35.7 Å². The van der Waals surface area contributed by atoms with E-state index in [4.69, 9.17) is 4.74 Å². The molecule has 1 saturated heterocycles. The minimum Gasteiger partial charge on any atom is -0.507 e. The first-order valence-electron chi connectivity index (χ1n) is 11.1. The normalized spacial score (nSPS) is 16.7. The molecule has 0 aliphatic carbocycles. The Balaban J connectivity index is 1.94. The van der Waals surface area contributed by atoms with Crippen LogP contribution in [0, 0.1) is 10.1 Å². The second-order valence-electron chi connectivity index (χ2n) is 8.11. The maximum absolute atomic E-state index is 13.3. The number of anilines is 1. The Hall–Kier alpha value is -4.79. The molecule has 1 fully saturated rings. The van der Waals surface area contributed by atoms with Gasteiger partial charge in [0.1, 0.15) is 5.76 Å². The lowest BCUT2D eigenvalue weighted by Crippen LogP contribution is -2.29. The van der Waals surface area contributed by atoms with Gasteiger partial charge in [-0.25, -0.2) is 4.79 Å². The number of carbonyl (C=O) groups is 3. The lowest BCUT2D eigenvalue weighted by molar-refractivity contribution is -0.384. The van der Waals surface area contributed by atoms with Crippen molar-refractivity contribution in [2.45, 2.75) is 19.4 Å². The van der Waals surface area contributed by atoms with Crippen LogP contribution < -0.4 is 4.90 Å². The first-order chi connectivity index (χ1) is 17.3. The quantitative estimate of drug-likeness (QED) is 0.135. The largest absolute Gasteiger partial charge is 0.507 e. The number of nitro benzene ring substituents is 1. The summed E-state index contributed by atoms with van der Waals surface area (Å²) in [5, 5.41) is 22.4. The number of aliphatic hydroxyl groups is 1. The van der Waals surface area contributed by atoms with Crippen molar-refractivity contribution in [2.24, 2.45) is 0 Å². The average Bonchev–Trinajstić information content (AvgIpc) is 3.17. The van der Waals surface area contributed by atoms with Crippen molar-refractivity contribution in [1.82, 2.24) is 0 Å². The van der Waals surface area contributed by atoms with Crippen LogP contribution in [-0.4, -0.2) is 34.8 Å². The van der Waals surface area contributed by atoms with E-state index in [2.05, 4.69) is 0 Å². The molecule has 0 radical (unpaired) electrons. The van der Waals surface area contributed by atoms with Gasteiger partial charge in [0, 0.05) is 23.4 Å². The maximum Gasteiger partial charge on any atom is 0.337 e. The van der Waals surface area contributed by atoms with Gasteiger partial charge in [-0.15, -0.1) is 0 Å². The summed E-state index contributed by atoms with van der Waals surface area (Å²) in [6.45, 7) is 1.99. The SMILES string of the molecule is CCc1ccc(C2/C(=C(/O)c3cccc([N+](=O)[O-])c3)C(=O)C(=O)N2c2cccc(C(=O)OC)c2)cc1. The monoisotopic (exact) mass is 486 g/mol. The molecule has 1 amide bonds. The molecule has 1 heterocycles. The predicted octanol–water partition coefficient (Wildman–Crippen LogP) is 4.57. The summed E-state index contributed by atoms with van der Waals surface area (Å²) in [7, 11) is 1.23. The number of amides is 1. The fourth-order valence-electron chi connectivity index (χ4n) is 4.17. The Morgan fingerprint density at radius 2 is 1.69 bits per heavy atom. The number of nitrogens with zero attached hydrogens (tertiary/aromatic N) is 2. The van der Waals surface area contributed by atoms with Gasteiger partial charge in [-0.3, -0.25) is 24.6 Å². The zero-order valence-electron chi connectivity index (χ0n) is 19.5. The van der Waals surface area contributed by atoms with Gasteiger partial charge >= 0.3 is 5.97 Å². The topological polar surface area (TPSA) is 127 Å². The standard InChI is InChI=1S/C27H22N2O7/c1-3-16-10-12-17(13-11-16)23-22(24(30)18-6-4-9-21(14-18)29(34)35)25(31)26(32)28(23)20-8-5-7-19(15-20)27(33)36-2/h4-15,23,30H,3H2,1-2H3/b24-22-. The number of aliphatic hydroxyl groups excluding tert-OH is 1. The van der Waals surface area contributed by atoms with Crippen molar-refractivity contribution >= 4 is 34.8 Å². The zero-order chi connectivity index (χ0) is 26.0. The third-order valence-electron chi connectivity index (χ3n) is 6.02. The highest BCUT2D eigenvalue weighted by Gasteiger charge is 2.47. The number of hydrogen-bond acceptors (Lipinski definition) is 7. The molecule has 4 rings (SSSR count). The zero-order valence-corrected chi connectivity index (χ0v) is 19.5. The Morgan fingerprint density at radius 1 is 1.03 bits per heavy atom. The van der Waals surface area contributed by atoms with Gasteiger partial charge < -0.3 is 9.84 Å². The number of nitro groups is 1. The molecule has 182 valence electrons. The summed E-state index contributed by atoms with van der Waals surface area (Å²) in [5.74, 6) is -3.01. The molecule has 9 nitrogen and oxygen atoms in total. The van der Waals surface area contributed by atoms with E-state index < -0.39 is 34.4 Å². The highest BCUT2D eigenvalue weighted by Crippen LogP contribution is 2.42. The van der Waals surface area contributed by atoms with Gasteiger partial charge in [0.05, 0.1) is 29.2 Å². The summed E-state index contributed by atoms with van der Waals surface area (Å²) in [4.78, 5) is 50.5. The minimum absolute atomic E-state index is 0.0284. The van der Waals surface area contributed by atoms with Crippen molar-refractivity contribution in [1.29, 1.82) is 0 Å². The van der Waals surface area contributed by atoms with Crippen molar-refractivity contribution in [2.75, 3.05) is 12.0 Å². The van der Waals surface area contributed by atoms with Crippen LogP contribution in [0.4, 0.5) is 11.4 Å². The second kappa shape index (κ2) is 9.83. The molecule has 0 bridgehead atoms. The van der Waals surface area contributed by atoms with Crippen LogP contribution in [-0.2, 0) is 20.7 Å². The number of hydrogen-bond donors (Lipinski definition) is 1. The molecule has 0 saturated carbocycles. The van der Waals surface area contributed by atoms with Crippen LogP contribution in [0.2, 0.25) is 0 Å². The van der Waals surface area contributed by atoms with E-state index in [1.807, 2.05) is 19.1 Å². The van der Waals surface area contributed by atoms with Crippen molar-refractivity contribution in [3.63, 3.8) is 0 Å². The molecular formula is C27H22N2O7. The van der Waals surface area contributed by atoms with Crippen molar-refractivity contribution in [3.8, 4) is 0 Å². The van der Waals surface area contributed by atoms with Gasteiger partial charge in [0.25, 0.3) is 17.4 Å². The lowest BCUT2D eigenvalue weighted by Gasteiger charge is -2.26. The maximum atomic E-state index is 13.3. The third-order valence-corrected chi connectivity index (χ3v) is 6.02. The molecule has 0 spiro atoms. The smallest absolute Gasteiger partial charge is 0.337 e. The number of aryl methyl sites for hydroxylation is 1. The first kappa shape index (κ1) is 24.3. The Kier molecular flexibility index (Phi) is 6.64. The van der Waals surface area contributed by atoms with Crippen molar-refractivity contribution < 1.29 is 29.2 Å². The number of rotatable bonds is 6. The van der Waals surface area contributed by atoms with Crippen molar-refractivity contribution in [3.05, 3.63) is 111 Å².